The van der Waals surface area contributed by atoms with Crippen molar-refractivity contribution in [2.45, 2.75) is 355 Å². The van der Waals surface area contributed by atoms with Gasteiger partial charge in [-0.2, -0.15) is 0 Å². The van der Waals surface area contributed by atoms with Crippen molar-refractivity contribution >= 4 is 39.5 Å². The van der Waals surface area contributed by atoms with Crippen LogP contribution in [0.15, 0.2) is 0 Å². The highest BCUT2D eigenvalue weighted by atomic mass is 31.2. The summed E-state index contributed by atoms with van der Waals surface area (Å²) in [6, 6.07) is 0. The Morgan fingerprint density at radius 1 is 0.337 bits per heavy atom. The number of carbonyl (C=O) groups is 4. The van der Waals surface area contributed by atoms with Crippen molar-refractivity contribution in [3.8, 4) is 0 Å². The molecule has 3 N–H and O–H groups in total. The summed E-state index contributed by atoms with van der Waals surface area (Å²) < 4.78 is 68.0. The molecule has 0 aliphatic heterocycles. The van der Waals surface area contributed by atoms with Gasteiger partial charge in [0.05, 0.1) is 26.4 Å². The lowest BCUT2D eigenvalue weighted by molar-refractivity contribution is -0.161. The Hall–Kier alpha value is -1.94. The maximum absolute atomic E-state index is 13.0. The molecule has 0 rings (SSSR count). The van der Waals surface area contributed by atoms with E-state index in [1.165, 1.54) is 148 Å². The van der Waals surface area contributed by atoms with E-state index < -0.39 is 97.5 Å². The predicted octanol–water partition coefficient (Wildman–Crippen LogP) is 18.8. The monoisotopic (exact) mass is 1270 g/mol. The van der Waals surface area contributed by atoms with Crippen molar-refractivity contribution in [1.29, 1.82) is 0 Å². The topological polar surface area (TPSA) is 237 Å². The van der Waals surface area contributed by atoms with Crippen LogP contribution in [0.1, 0.15) is 337 Å². The van der Waals surface area contributed by atoms with Crippen LogP contribution in [0.2, 0.25) is 0 Å². The SMILES string of the molecule is CCCCCCCCCCCCCC(=O)OC[C@H](COP(=O)(O)OC[C@@H](O)COP(=O)(O)OC[C@@H](COC(=O)CCCCCCCCCC)OC(=O)CCCCCCCCC(C)C)OC(=O)CCCCCCCCCCCCCCCCC(C)CC. The van der Waals surface area contributed by atoms with Gasteiger partial charge in [0.1, 0.15) is 19.3 Å². The molecule has 6 atom stereocenters. The van der Waals surface area contributed by atoms with E-state index in [9.17, 15) is 43.2 Å². The largest absolute Gasteiger partial charge is 0.472 e. The molecular formula is C67H130O17P2. The number of hydrogen-bond acceptors (Lipinski definition) is 15. The smallest absolute Gasteiger partial charge is 0.462 e. The van der Waals surface area contributed by atoms with Crippen LogP contribution in [0.25, 0.3) is 0 Å². The van der Waals surface area contributed by atoms with E-state index in [4.69, 9.17) is 37.0 Å². The number of phosphoric acid groups is 2. The highest BCUT2D eigenvalue weighted by molar-refractivity contribution is 7.47. The van der Waals surface area contributed by atoms with Crippen molar-refractivity contribution in [3.05, 3.63) is 0 Å². The Morgan fingerprint density at radius 3 is 0.884 bits per heavy atom. The summed E-state index contributed by atoms with van der Waals surface area (Å²) in [4.78, 5) is 72.2. The van der Waals surface area contributed by atoms with Crippen LogP contribution in [0.5, 0.6) is 0 Å². The summed E-state index contributed by atoms with van der Waals surface area (Å²) in [5.41, 5.74) is 0. The molecule has 0 amide bonds. The van der Waals surface area contributed by atoms with Gasteiger partial charge in [0, 0.05) is 25.7 Å². The van der Waals surface area contributed by atoms with Gasteiger partial charge < -0.3 is 33.8 Å². The van der Waals surface area contributed by atoms with Crippen molar-refractivity contribution in [3.63, 3.8) is 0 Å². The van der Waals surface area contributed by atoms with Crippen LogP contribution < -0.4 is 0 Å². The van der Waals surface area contributed by atoms with Gasteiger partial charge in [-0.05, 0) is 37.5 Å². The van der Waals surface area contributed by atoms with Crippen LogP contribution in [0, 0.1) is 11.8 Å². The molecule has 0 saturated carbocycles. The molecule has 0 bridgehead atoms. The Bertz CT molecular complexity index is 1690. The van der Waals surface area contributed by atoms with Gasteiger partial charge in [-0.25, -0.2) is 9.13 Å². The molecule has 3 unspecified atom stereocenters. The fourth-order valence-electron chi connectivity index (χ4n) is 10.0. The standard InChI is InChI=1S/C67H130O17P2/c1-7-10-12-14-16-18-23-27-31-38-44-50-65(70)78-55-62(83-66(71)51-45-39-32-28-25-22-20-19-21-24-26-29-36-42-48-60(6)9-3)57-81-85(73,74)79-53-61(68)54-80-86(75,76)82-58-63(56-77-64(69)49-43-37-30-17-15-13-11-8-2)84-67(72)52-46-40-34-33-35-41-47-59(4)5/h59-63,68H,7-58H2,1-6H3,(H,73,74)(H,75,76)/t60?,61-,62-,63-/m1/s1. The first-order valence-electron chi connectivity index (χ1n) is 35.0. The third-order valence-corrected chi connectivity index (χ3v) is 17.7. The van der Waals surface area contributed by atoms with Gasteiger partial charge in [0.15, 0.2) is 12.2 Å². The number of phosphoric ester groups is 2. The molecule has 0 heterocycles. The molecule has 86 heavy (non-hydrogen) atoms. The number of carbonyl (C=O) groups excluding carboxylic acids is 4. The van der Waals surface area contributed by atoms with Crippen LogP contribution >= 0.6 is 15.6 Å². The van der Waals surface area contributed by atoms with Crippen molar-refractivity contribution in [2.24, 2.45) is 11.8 Å². The molecule has 0 aromatic rings. The Morgan fingerprint density at radius 2 is 0.593 bits per heavy atom. The van der Waals surface area contributed by atoms with E-state index in [0.29, 0.717) is 31.6 Å². The summed E-state index contributed by atoms with van der Waals surface area (Å²) in [7, 11) is -9.89. The Kier molecular flexibility index (Phi) is 58.0. The highest BCUT2D eigenvalue weighted by Crippen LogP contribution is 2.45. The van der Waals surface area contributed by atoms with Crippen LogP contribution in [0.3, 0.4) is 0 Å². The van der Waals surface area contributed by atoms with E-state index in [0.717, 1.165) is 102 Å². The summed E-state index contributed by atoms with van der Waals surface area (Å²) in [6.07, 6.45) is 43.2. The van der Waals surface area contributed by atoms with Gasteiger partial charge in [-0.1, -0.05) is 286 Å². The molecule has 0 spiro atoms. The number of aliphatic hydroxyl groups is 1. The van der Waals surface area contributed by atoms with Gasteiger partial charge >= 0.3 is 39.5 Å². The lowest BCUT2D eigenvalue weighted by Gasteiger charge is -2.21. The lowest BCUT2D eigenvalue weighted by Crippen LogP contribution is -2.30. The van der Waals surface area contributed by atoms with Crippen molar-refractivity contribution in [1.82, 2.24) is 0 Å². The third-order valence-electron chi connectivity index (χ3n) is 15.8. The van der Waals surface area contributed by atoms with Crippen molar-refractivity contribution < 1.29 is 80.2 Å². The van der Waals surface area contributed by atoms with Crippen LogP contribution in [-0.2, 0) is 65.4 Å². The van der Waals surface area contributed by atoms with E-state index in [-0.39, 0.29) is 25.7 Å². The van der Waals surface area contributed by atoms with E-state index >= 15 is 0 Å². The zero-order valence-corrected chi connectivity index (χ0v) is 57.4. The number of aliphatic hydroxyl groups excluding tert-OH is 1. The molecule has 0 saturated heterocycles. The molecule has 0 radical (unpaired) electrons. The fourth-order valence-corrected chi connectivity index (χ4v) is 11.6. The highest BCUT2D eigenvalue weighted by Gasteiger charge is 2.30. The first-order valence-corrected chi connectivity index (χ1v) is 38.0. The number of rotatable bonds is 66. The minimum atomic E-state index is -4.95. The van der Waals surface area contributed by atoms with E-state index in [1.807, 2.05) is 0 Å². The number of esters is 4. The number of hydrogen-bond donors (Lipinski definition) is 3. The Balaban J connectivity index is 5.18. The predicted molar refractivity (Wildman–Crippen MR) is 345 cm³/mol. The molecule has 0 aliphatic rings. The molecule has 0 fully saturated rings. The molecule has 19 heteroatoms. The first kappa shape index (κ1) is 84.1. The fraction of sp³-hybridized carbons (Fsp3) is 0.940. The molecular weight excluding hydrogens is 1140 g/mol. The van der Waals surface area contributed by atoms with Gasteiger partial charge in [0.2, 0.25) is 0 Å². The molecule has 510 valence electrons. The number of ether oxygens (including phenoxy) is 4. The average molecular weight is 1270 g/mol. The van der Waals surface area contributed by atoms with Gasteiger partial charge in [-0.3, -0.25) is 37.3 Å². The normalized spacial score (nSPS) is 14.5. The zero-order valence-electron chi connectivity index (χ0n) is 55.6. The Labute approximate surface area is 524 Å². The quantitative estimate of drug-likeness (QED) is 0.0222. The number of unbranched alkanes of at least 4 members (excludes halogenated alkanes) is 35. The van der Waals surface area contributed by atoms with Crippen LogP contribution in [-0.4, -0.2) is 96.7 Å². The lowest BCUT2D eigenvalue weighted by atomic mass is 9.99. The first-order chi connectivity index (χ1) is 41.4. The van der Waals surface area contributed by atoms with Gasteiger partial charge in [-0.15, -0.1) is 0 Å². The average Bonchev–Trinajstić information content (AvgIpc) is 3.69. The molecule has 0 aromatic heterocycles. The third kappa shape index (κ3) is 59.7. The van der Waals surface area contributed by atoms with Crippen LogP contribution in [0.4, 0.5) is 0 Å². The maximum atomic E-state index is 13.0. The van der Waals surface area contributed by atoms with Gasteiger partial charge in [0.25, 0.3) is 0 Å². The molecule has 0 aliphatic carbocycles. The summed E-state index contributed by atoms with van der Waals surface area (Å²) in [5, 5.41) is 10.5. The van der Waals surface area contributed by atoms with Crippen molar-refractivity contribution in [2.75, 3.05) is 39.6 Å². The zero-order chi connectivity index (χ0) is 63.6. The summed E-state index contributed by atoms with van der Waals surface area (Å²) >= 11 is 0. The van der Waals surface area contributed by atoms with E-state index in [2.05, 4.69) is 41.5 Å². The molecule has 0 aromatic carbocycles. The summed E-state index contributed by atoms with van der Waals surface area (Å²) in [6.45, 7) is 9.45. The second-order valence-electron chi connectivity index (χ2n) is 24.9. The summed E-state index contributed by atoms with van der Waals surface area (Å²) in [5.74, 6) is -0.619. The minimum absolute atomic E-state index is 0.102. The maximum Gasteiger partial charge on any atom is 0.472 e. The second-order valence-corrected chi connectivity index (χ2v) is 27.8. The molecule has 17 nitrogen and oxygen atoms in total. The second kappa shape index (κ2) is 59.4. The minimum Gasteiger partial charge on any atom is -0.462 e. The van der Waals surface area contributed by atoms with E-state index in [1.54, 1.807) is 0 Å².